The number of hydrogen-bond acceptors (Lipinski definition) is 5. The predicted molar refractivity (Wildman–Crippen MR) is 96.8 cm³/mol. The van der Waals surface area contributed by atoms with Gasteiger partial charge in [0, 0.05) is 18.7 Å². The lowest BCUT2D eigenvalue weighted by Crippen LogP contribution is -2.43. The van der Waals surface area contributed by atoms with Crippen LogP contribution in [0.25, 0.3) is 0 Å². The average molecular weight is 390 g/mol. The van der Waals surface area contributed by atoms with Crippen molar-refractivity contribution in [3.8, 4) is 0 Å². The molecule has 3 N–H and O–H groups in total. The number of carboxylic acid groups (broad SMARTS) is 1. The number of nitrogens with zero attached hydrogens (tertiary/aromatic N) is 1. The van der Waals surface area contributed by atoms with Gasteiger partial charge < -0.3 is 15.5 Å². The number of carbonyl (C=O) groups excluding carboxylic acids is 1. The van der Waals surface area contributed by atoms with E-state index in [1.54, 1.807) is 18.2 Å². The second kappa shape index (κ2) is 7.47. The molecule has 3 rings (SSSR count). The molecule has 1 saturated heterocycles. The van der Waals surface area contributed by atoms with E-state index in [0.29, 0.717) is 5.69 Å². The minimum absolute atomic E-state index is 0.0227. The first-order valence-corrected chi connectivity index (χ1v) is 9.62. The fourth-order valence-corrected chi connectivity index (χ4v) is 4.59. The Balaban J connectivity index is 1.81. The molecule has 9 heteroatoms. The molecule has 142 valence electrons. The number of β-amino-alcohol motifs (C(OH)–C–C–N with tert-alkyl or cyclic N) is 1. The molecule has 2 aromatic rings. The van der Waals surface area contributed by atoms with E-state index in [1.807, 2.05) is 0 Å². The Labute approximate surface area is 156 Å². The Morgan fingerprint density at radius 1 is 1.04 bits per heavy atom. The normalized spacial score (nSPS) is 20.3. The molecule has 1 aliphatic heterocycles. The molecular weight excluding hydrogens is 372 g/mol. The van der Waals surface area contributed by atoms with Crippen LogP contribution < -0.4 is 5.32 Å². The summed E-state index contributed by atoms with van der Waals surface area (Å²) in [5.74, 6) is -1.68. The van der Waals surface area contributed by atoms with Gasteiger partial charge in [-0.05, 0) is 36.4 Å². The van der Waals surface area contributed by atoms with Crippen LogP contribution >= 0.6 is 0 Å². The van der Waals surface area contributed by atoms with Gasteiger partial charge in [-0.2, -0.15) is 4.31 Å². The monoisotopic (exact) mass is 390 g/mol. The standard InChI is InChI=1S/C18H18N2O6S/c21-14-10-16(17(22)19-13-8-6-12(7-9-13)18(23)24)20(11-14)27(25,26)15-4-2-1-3-5-15/h1-9,14,16,21H,10-11H2,(H,19,22)(H,23,24)/t14?,16-/m0/s1. The van der Waals surface area contributed by atoms with Gasteiger partial charge in [0.05, 0.1) is 16.6 Å². The highest BCUT2D eigenvalue weighted by atomic mass is 32.2. The molecule has 0 bridgehead atoms. The van der Waals surface area contributed by atoms with Gasteiger partial charge in [0.1, 0.15) is 6.04 Å². The first-order valence-electron chi connectivity index (χ1n) is 8.18. The molecule has 2 atom stereocenters. The zero-order chi connectivity index (χ0) is 19.6. The molecule has 0 saturated carbocycles. The van der Waals surface area contributed by atoms with Crippen molar-refractivity contribution in [3.63, 3.8) is 0 Å². The van der Waals surface area contributed by atoms with Gasteiger partial charge in [-0.1, -0.05) is 18.2 Å². The van der Waals surface area contributed by atoms with E-state index in [2.05, 4.69) is 5.32 Å². The Kier molecular flexibility index (Phi) is 5.26. The van der Waals surface area contributed by atoms with Crippen molar-refractivity contribution in [2.24, 2.45) is 0 Å². The van der Waals surface area contributed by atoms with E-state index in [-0.39, 0.29) is 23.4 Å². The number of hydrogen-bond donors (Lipinski definition) is 3. The minimum atomic E-state index is -3.94. The molecule has 8 nitrogen and oxygen atoms in total. The largest absolute Gasteiger partial charge is 0.478 e. The molecule has 1 fully saturated rings. The molecule has 2 aromatic carbocycles. The van der Waals surface area contributed by atoms with Crippen molar-refractivity contribution in [3.05, 3.63) is 60.2 Å². The molecule has 0 aromatic heterocycles. The first-order chi connectivity index (χ1) is 12.8. The summed E-state index contributed by atoms with van der Waals surface area (Å²) >= 11 is 0. The lowest BCUT2D eigenvalue weighted by Gasteiger charge is -2.23. The molecular formula is C18H18N2O6S. The van der Waals surface area contributed by atoms with Gasteiger partial charge in [-0.3, -0.25) is 4.79 Å². The maximum atomic E-state index is 12.8. The summed E-state index contributed by atoms with van der Waals surface area (Å²) in [6.45, 7) is -0.173. The summed E-state index contributed by atoms with van der Waals surface area (Å²) in [6.07, 6.45) is -0.973. The lowest BCUT2D eigenvalue weighted by molar-refractivity contribution is -0.119. The molecule has 1 heterocycles. The number of aliphatic hydroxyl groups excluding tert-OH is 1. The number of carbonyl (C=O) groups is 2. The fourth-order valence-electron chi connectivity index (χ4n) is 2.94. The number of aliphatic hydroxyl groups is 1. The maximum Gasteiger partial charge on any atom is 0.335 e. The fraction of sp³-hybridized carbons (Fsp3) is 0.222. The summed E-state index contributed by atoms with van der Waals surface area (Å²) in [6, 6.07) is 12.1. The maximum absolute atomic E-state index is 12.8. The van der Waals surface area contributed by atoms with E-state index in [0.717, 1.165) is 4.31 Å². The lowest BCUT2D eigenvalue weighted by atomic mass is 10.1. The zero-order valence-electron chi connectivity index (χ0n) is 14.1. The van der Waals surface area contributed by atoms with E-state index in [9.17, 15) is 23.1 Å². The first kappa shape index (κ1) is 19.0. The van der Waals surface area contributed by atoms with Crippen LogP contribution in [0.3, 0.4) is 0 Å². The van der Waals surface area contributed by atoms with Crippen molar-refractivity contribution in [1.82, 2.24) is 4.31 Å². The van der Waals surface area contributed by atoms with Crippen molar-refractivity contribution in [2.75, 3.05) is 11.9 Å². The predicted octanol–water partition coefficient (Wildman–Crippen LogP) is 1.15. The number of rotatable bonds is 5. The summed E-state index contributed by atoms with van der Waals surface area (Å²) in [4.78, 5) is 23.5. The number of benzene rings is 2. The second-order valence-corrected chi connectivity index (χ2v) is 8.06. The minimum Gasteiger partial charge on any atom is -0.478 e. The van der Waals surface area contributed by atoms with Crippen LogP contribution in [0.2, 0.25) is 0 Å². The van der Waals surface area contributed by atoms with Crippen molar-refractivity contribution in [1.29, 1.82) is 0 Å². The third kappa shape index (κ3) is 4.00. The number of nitrogens with one attached hydrogen (secondary N) is 1. The van der Waals surface area contributed by atoms with Gasteiger partial charge in [0.25, 0.3) is 0 Å². The molecule has 1 unspecified atom stereocenters. The number of carboxylic acids is 1. The van der Waals surface area contributed by atoms with Crippen LogP contribution in [-0.2, 0) is 14.8 Å². The van der Waals surface area contributed by atoms with Crippen LogP contribution in [0, 0.1) is 0 Å². The average Bonchev–Trinajstić information content (AvgIpc) is 3.06. The van der Waals surface area contributed by atoms with Crippen LogP contribution in [-0.4, -0.2) is 53.5 Å². The molecule has 1 amide bonds. The topological polar surface area (TPSA) is 124 Å². The van der Waals surface area contributed by atoms with Crippen molar-refractivity contribution in [2.45, 2.75) is 23.5 Å². The summed E-state index contributed by atoms with van der Waals surface area (Å²) in [5, 5.41) is 21.4. The molecule has 27 heavy (non-hydrogen) atoms. The smallest absolute Gasteiger partial charge is 0.335 e. The quantitative estimate of drug-likeness (QED) is 0.703. The van der Waals surface area contributed by atoms with Gasteiger partial charge >= 0.3 is 5.97 Å². The van der Waals surface area contributed by atoms with E-state index >= 15 is 0 Å². The van der Waals surface area contributed by atoms with Crippen LogP contribution in [0.15, 0.2) is 59.5 Å². The van der Waals surface area contributed by atoms with E-state index in [4.69, 9.17) is 5.11 Å². The third-order valence-corrected chi connectivity index (χ3v) is 6.17. The third-order valence-electron chi connectivity index (χ3n) is 4.29. The van der Waals surface area contributed by atoms with Gasteiger partial charge in [-0.25, -0.2) is 13.2 Å². The molecule has 0 radical (unpaired) electrons. The highest BCUT2D eigenvalue weighted by molar-refractivity contribution is 7.89. The summed E-state index contributed by atoms with van der Waals surface area (Å²) < 4.78 is 26.7. The van der Waals surface area contributed by atoms with E-state index in [1.165, 1.54) is 36.4 Å². The second-order valence-electron chi connectivity index (χ2n) is 6.16. The number of aromatic carboxylic acids is 1. The Morgan fingerprint density at radius 2 is 1.67 bits per heavy atom. The SMILES string of the molecule is O=C(O)c1ccc(NC(=O)[C@@H]2CC(O)CN2S(=O)(=O)c2ccccc2)cc1. The van der Waals surface area contributed by atoms with Gasteiger partial charge in [-0.15, -0.1) is 0 Å². The van der Waals surface area contributed by atoms with Gasteiger partial charge in [0.2, 0.25) is 15.9 Å². The van der Waals surface area contributed by atoms with Gasteiger partial charge in [0.15, 0.2) is 0 Å². The molecule has 0 spiro atoms. The Bertz CT molecular complexity index is 944. The van der Waals surface area contributed by atoms with Crippen LogP contribution in [0.5, 0.6) is 0 Å². The summed E-state index contributed by atoms with van der Waals surface area (Å²) in [7, 11) is -3.94. The van der Waals surface area contributed by atoms with E-state index < -0.39 is 34.0 Å². The van der Waals surface area contributed by atoms with Crippen LogP contribution in [0.1, 0.15) is 16.8 Å². The zero-order valence-corrected chi connectivity index (χ0v) is 15.0. The van der Waals surface area contributed by atoms with Crippen LogP contribution in [0.4, 0.5) is 5.69 Å². The Hall–Kier alpha value is -2.75. The number of amides is 1. The highest BCUT2D eigenvalue weighted by Crippen LogP contribution is 2.27. The summed E-state index contributed by atoms with van der Waals surface area (Å²) in [5.41, 5.74) is 0.404. The van der Waals surface area contributed by atoms with Crippen molar-refractivity contribution >= 4 is 27.6 Å². The number of sulfonamides is 1. The highest BCUT2D eigenvalue weighted by Gasteiger charge is 2.43. The van der Waals surface area contributed by atoms with Crippen molar-refractivity contribution < 1.29 is 28.2 Å². The molecule has 0 aliphatic carbocycles. The number of anilines is 1. The Morgan fingerprint density at radius 3 is 2.26 bits per heavy atom. The molecule has 1 aliphatic rings.